The highest BCUT2D eigenvalue weighted by Crippen LogP contribution is 2.22. The molecule has 0 bridgehead atoms. The Kier molecular flexibility index (Phi) is 9.82. The molecule has 28 heavy (non-hydrogen) atoms. The van der Waals surface area contributed by atoms with Crippen molar-refractivity contribution in [2.24, 2.45) is 4.99 Å². The molecule has 0 aromatic carbocycles. The number of likely N-dealkylation sites (N-methyl/N-ethyl adjacent to an activating group) is 1. The first-order valence-corrected chi connectivity index (χ1v) is 10.1. The van der Waals surface area contributed by atoms with Crippen LogP contribution in [0.3, 0.4) is 0 Å². The Labute approximate surface area is 169 Å². The molecule has 1 aromatic heterocycles. The van der Waals surface area contributed by atoms with Gasteiger partial charge in [-0.2, -0.15) is 0 Å². The number of guanidine groups is 1. The third-order valence-electron chi connectivity index (χ3n) is 4.16. The van der Waals surface area contributed by atoms with Gasteiger partial charge in [-0.1, -0.05) is 19.0 Å². The molecule has 0 radical (unpaired) electrons. The number of carbonyl (C=O) groups excluding carboxylic acids is 1. The predicted octanol–water partition coefficient (Wildman–Crippen LogP) is 3.50. The molecule has 0 unspecified atom stereocenters. The van der Waals surface area contributed by atoms with Gasteiger partial charge >= 0.3 is 6.09 Å². The summed E-state index contributed by atoms with van der Waals surface area (Å²) in [6.07, 6.45) is 1.74. The zero-order chi connectivity index (χ0) is 21.2. The topological polar surface area (TPSA) is 92.0 Å². The summed E-state index contributed by atoms with van der Waals surface area (Å²) in [6, 6.07) is 1.99. The molecule has 1 heterocycles. The molecule has 1 amide bonds. The van der Waals surface area contributed by atoms with Crippen LogP contribution >= 0.6 is 0 Å². The van der Waals surface area contributed by atoms with Gasteiger partial charge in [-0.3, -0.25) is 0 Å². The Balaban J connectivity index is 2.55. The van der Waals surface area contributed by atoms with Crippen LogP contribution < -0.4 is 10.6 Å². The third kappa shape index (κ3) is 8.63. The summed E-state index contributed by atoms with van der Waals surface area (Å²) in [7, 11) is 1.72. The molecule has 2 N–H and O–H groups in total. The van der Waals surface area contributed by atoms with Crippen molar-refractivity contribution in [2.75, 3.05) is 26.7 Å². The number of hydrogen-bond acceptors (Lipinski definition) is 5. The monoisotopic (exact) mass is 395 g/mol. The predicted molar refractivity (Wildman–Crippen MR) is 112 cm³/mol. The lowest BCUT2D eigenvalue weighted by Gasteiger charge is -2.24. The number of rotatable bonds is 9. The minimum absolute atomic E-state index is 0.341. The number of ether oxygens (including phenoxy) is 1. The van der Waals surface area contributed by atoms with Crippen LogP contribution in [0.15, 0.2) is 15.6 Å². The molecule has 0 atom stereocenters. The molecule has 1 rings (SSSR count). The molecular formula is C20H37N5O3. The van der Waals surface area contributed by atoms with Crippen LogP contribution in [0.25, 0.3) is 0 Å². The van der Waals surface area contributed by atoms with Crippen molar-refractivity contribution in [1.82, 2.24) is 20.7 Å². The zero-order valence-corrected chi connectivity index (χ0v) is 18.5. The summed E-state index contributed by atoms with van der Waals surface area (Å²) >= 11 is 0. The zero-order valence-electron chi connectivity index (χ0n) is 18.5. The van der Waals surface area contributed by atoms with E-state index in [2.05, 4.69) is 34.6 Å². The molecule has 160 valence electrons. The van der Waals surface area contributed by atoms with E-state index in [0.29, 0.717) is 31.5 Å². The number of aromatic nitrogens is 1. The maximum absolute atomic E-state index is 12.0. The normalized spacial score (nSPS) is 12.2. The van der Waals surface area contributed by atoms with E-state index >= 15 is 0 Å². The van der Waals surface area contributed by atoms with Gasteiger partial charge in [0.25, 0.3) is 0 Å². The number of nitrogens with zero attached hydrogens (tertiary/aromatic N) is 3. The van der Waals surface area contributed by atoms with Gasteiger partial charge in [0.15, 0.2) is 11.7 Å². The second kappa shape index (κ2) is 11.6. The van der Waals surface area contributed by atoms with Crippen LogP contribution in [0, 0.1) is 0 Å². The quantitative estimate of drug-likeness (QED) is 0.491. The van der Waals surface area contributed by atoms with Gasteiger partial charge in [0.2, 0.25) is 0 Å². The Morgan fingerprint density at radius 1 is 1.29 bits per heavy atom. The van der Waals surface area contributed by atoms with Crippen LogP contribution in [0.2, 0.25) is 0 Å². The average Bonchev–Trinajstić information content (AvgIpc) is 3.08. The molecule has 0 saturated heterocycles. The Morgan fingerprint density at radius 2 is 1.96 bits per heavy atom. The first kappa shape index (κ1) is 23.8. The molecule has 0 aliphatic rings. The molecular weight excluding hydrogens is 358 g/mol. The number of hydrogen-bond donors (Lipinski definition) is 2. The number of aliphatic imine (C=N–C) groups is 1. The smallest absolute Gasteiger partial charge is 0.410 e. The summed E-state index contributed by atoms with van der Waals surface area (Å²) in [6.45, 7) is 14.1. The van der Waals surface area contributed by atoms with Crippen LogP contribution in [0.1, 0.15) is 71.8 Å². The highest BCUT2D eigenvalue weighted by molar-refractivity contribution is 5.79. The largest absolute Gasteiger partial charge is 0.444 e. The highest BCUT2D eigenvalue weighted by Gasteiger charge is 2.19. The third-order valence-corrected chi connectivity index (χ3v) is 4.16. The van der Waals surface area contributed by atoms with Crippen LogP contribution in [-0.2, 0) is 11.3 Å². The summed E-state index contributed by atoms with van der Waals surface area (Å²) in [5.74, 6) is 1.83. The van der Waals surface area contributed by atoms with Gasteiger partial charge < -0.3 is 24.8 Å². The van der Waals surface area contributed by atoms with E-state index in [9.17, 15) is 4.79 Å². The fraction of sp³-hybridized carbons (Fsp3) is 0.750. The van der Waals surface area contributed by atoms with Gasteiger partial charge in [-0.15, -0.1) is 0 Å². The van der Waals surface area contributed by atoms with Crippen molar-refractivity contribution in [1.29, 1.82) is 0 Å². The van der Waals surface area contributed by atoms with Crippen LogP contribution in [0.5, 0.6) is 0 Å². The second-order valence-electron chi connectivity index (χ2n) is 7.76. The lowest BCUT2D eigenvalue weighted by Crippen LogP contribution is -2.43. The van der Waals surface area contributed by atoms with E-state index in [4.69, 9.17) is 9.26 Å². The number of carbonyl (C=O) groups is 1. The van der Waals surface area contributed by atoms with Crippen molar-refractivity contribution in [3.05, 3.63) is 17.5 Å². The van der Waals surface area contributed by atoms with E-state index in [-0.39, 0.29) is 6.09 Å². The molecule has 0 fully saturated rings. The molecule has 0 aliphatic carbocycles. The molecule has 0 aliphatic heterocycles. The number of nitrogens with one attached hydrogen (secondary N) is 2. The van der Waals surface area contributed by atoms with Crippen molar-refractivity contribution in [3.8, 4) is 0 Å². The van der Waals surface area contributed by atoms with E-state index in [1.54, 1.807) is 11.9 Å². The average molecular weight is 396 g/mol. The second-order valence-corrected chi connectivity index (χ2v) is 7.76. The number of amides is 1. The van der Waals surface area contributed by atoms with Gasteiger partial charge in [0, 0.05) is 38.7 Å². The fourth-order valence-electron chi connectivity index (χ4n) is 2.57. The fourth-order valence-corrected chi connectivity index (χ4v) is 2.57. The molecule has 1 aromatic rings. The summed E-state index contributed by atoms with van der Waals surface area (Å²) in [5.41, 5.74) is 0.492. The molecule has 8 heteroatoms. The lowest BCUT2D eigenvalue weighted by molar-refractivity contribution is 0.0302. The minimum atomic E-state index is -0.500. The summed E-state index contributed by atoms with van der Waals surface area (Å²) in [5, 5.41) is 10.6. The van der Waals surface area contributed by atoms with Crippen molar-refractivity contribution < 1.29 is 14.1 Å². The van der Waals surface area contributed by atoms with Crippen molar-refractivity contribution in [2.45, 2.75) is 72.4 Å². The summed E-state index contributed by atoms with van der Waals surface area (Å²) < 4.78 is 10.8. The van der Waals surface area contributed by atoms with Gasteiger partial charge in [-0.25, -0.2) is 9.79 Å². The maximum Gasteiger partial charge on any atom is 0.410 e. The summed E-state index contributed by atoms with van der Waals surface area (Å²) in [4.78, 5) is 18.1. The Bertz CT molecular complexity index is 618. The van der Waals surface area contributed by atoms with Crippen molar-refractivity contribution >= 4 is 12.1 Å². The molecule has 8 nitrogen and oxygen atoms in total. The van der Waals surface area contributed by atoms with E-state index < -0.39 is 5.60 Å². The Hall–Kier alpha value is -2.25. The highest BCUT2D eigenvalue weighted by atomic mass is 16.6. The van der Waals surface area contributed by atoms with E-state index in [0.717, 1.165) is 30.8 Å². The molecule has 0 saturated carbocycles. The van der Waals surface area contributed by atoms with Gasteiger partial charge in [-0.05, 0) is 40.5 Å². The van der Waals surface area contributed by atoms with E-state index in [1.165, 1.54) is 0 Å². The first-order valence-electron chi connectivity index (χ1n) is 10.1. The standard InChI is InChI=1S/C20H37N5O3/c1-8-15(9-2)17-13-16(28-24-17)14-23-18(21-10-3)22-11-12-25(7)19(26)27-20(4,5)6/h13,15H,8-12,14H2,1-7H3,(H2,21,22,23). The van der Waals surface area contributed by atoms with Crippen LogP contribution in [-0.4, -0.2) is 54.4 Å². The first-order chi connectivity index (χ1) is 13.2. The van der Waals surface area contributed by atoms with Crippen LogP contribution in [0.4, 0.5) is 4.79 Å². The van der Waals surface area contributed by atoms with E-state index in [1.807, 2.05) is 33.8 Å². The SMILES string of the molecule is CCNC(=NCc1cc(C(CC)CC)no1)NCCN(C)C(=O)OC(C)(C)C. The Morgan fingerprint density at radius 3 is 2.54 bits per heavy atom. The van der Waals surface area contributed by atoms with Gasteiger partial charge in [0.05, 0.1) is 5.69 Å². The lowest BCUT2D eigenvalue weighted by atomic mass is 9.99. The minimum Gasteiger partial charge on any atom is -0.444 e. The maximum atomic E-state index is 12.0. The van der Waals surface area contributed by atoms with Crippen molar-refractivity contribution in [3.63, 3.8) is 0 Å². The van der Waals surface area contributed by atoms with Gasteiger partial charge in [0.1, 0.15) is 12.1 Å². The molecule has 0 spiro atoms.